The Balaban J connectivity index is 1.75. The Kier molecular flexibility index (Phi) is 5.12. The molecule has 0 radical (unpaired) electrons. The summed E-state index contributed by atoms with van der Waals surface area (Å²) in [6.45, 7) is 0. The third-order valence-corrected chi connectivity index (χ3v) is 5.34. The Hall–Kier alpha value is -3.10. The number of imidazole rings is 1. The van der Waals surface area contributed by atoms with Gasteiger partial charge in [0.05, 0.1) is 19.2 Å². The normalized spacial score (nSPS) is 10.9. The number of amides is 1. The van der Waals surface area contributed by atoms with Crippen molar-refractivity contribution in [1.82, 2.24) is 9.38 Å². The Morgan fingerprint density at radius 1 is 1.21 bits per heavy atom. The second-order valence-electron chi connectivity index (χ2n) is 6.02. The van der Waals surface area contributed by atoms with Crippen molar-refractivity contribution in [2.45, 2.75) is 0 Å². The van der Waals surface area contributed by atoms with Crippen LogP contribution >= 0.6 is 22.9 Å². The van der Waals surface area contributed by atoms with Gasteiger partial charge in [-0.2, -0.15) is 0 Å². The number of anilines is 1. The molecule has 1 N–H and O–H groups in total. The Morgan fingerprint density at radius 2 is 1.97 bits per heavy atom. The quantitative estimate of drug-likeness (QED) is 0.476. The van der Waals surface area contributed by atoms with Gasteiger partial charge in [0.25, 0.3) is 5.91 Å². The minimum absolute atomic E-state index is 0.254. The fraction of sp³-hybridized carbons (Fsp3) is 0.100. The minimum Gasteiger partial charge on any atom is -0.493 e. The highest BCUT2D eigenvalue weighted by atomic mass is 35.5. The molecule has 0 spiro atoms. The summed E-state index contributed by atoms with van der Waals surface area (Å²) < 4.78 is 25.6. The maximum Gasteiger partial charge on any atom is 0.257 e. The number of ether oxygens (including phenoxy) is 2. The molecule has 4 aromatic rings. The molecule has 4 rings (SSSR count). The summed E-state index contributed by atoms with van der Waals surface area (Å²) in [7, 11) is 2.94. The van der Waals surface area contributed by atoms with Crippen molar-refractivity contribution in [2.75, 3.05) is 19.5 Å². The number of thiazole rings is 1. The van der Waals surface area contributed by atoms with Gasteiger partial charge in [0.15, 0.2) is 16.5 Å². The fourth-order valence-electron chi connectivity index (χ4n) is 2.94. The lowest BCUT2D eigenvalue weighted by Gasteiger charge is -2.12. The SMILES string of the molecule is COc1cc(C(=O)Nc2c(-c3ccc(F)cc3)nc3sccn23)cc(Cl)c1OC. The summed E-state index contributed by atoms with van der Waals surface area (Å²) in [6, 6.07) is 8.98. The number of nitrogens with one attached hydrogen (secondary N) is 1. The van der Waals surface area contributed by atoms with E-state index in [1.807, 2.05) is 5.38 Å². The van der Waals surface area contributed by atoms with E-state index in [1.54, 1.807) is 28.8 Å². The lowest BCUT2D eigenvalue weighted by Crippen LogP contribution is -2.14. The Morgan fingerprint density at radius 3 is 2.66 bits per heavy atom. The number of carbonyl (C=O) groups is 1. The predicted molar refractivity (Wildman–Crippen MR) is 111 cm³/mol. The van der Waals surface area contributed by atoms with E-state index in [4.69, 9.17) is 21.1 Å². The zero-order chi connectivity index (χ0) is 20.5. The number of methoxy groups -OCH3 is 2. The van der Waals surface area contributed by atoms with Gasteiger partial charge in [0.1, 0.15) is 17.3 Å². The third kappa shape index (κ3) is 3.52. The number of carbonyl (C=O) groups excluding carboxylic acids is 1. The van der Waals surface area contributed by atoms with E-state index in [9.17, 15) is 9.18 Å². The molecule has 0 aliphatic rings. The van der Waals surface area contributed by atoms with Gasteiger partial charge in [0, 0.05) is 22.7 Å². The van der Waals surface area contributed by atoms with Crippen LogP contribution < -0.4 is 14.8 Å². The maximum absolute atomic E-state index is 13.3. The first kappa shape index (κ1) is 19.2. The van der Waals surface area contributed by atoms with Crippen LogP contribution in [0.2, 0.25) is 5.02 Å². The van der Waals surface area contributed by atoms with Crippen molar-refractivity contribution in [3.05, 3.63) is 64.4 Å². The smallest absolute Gasteiger partial charge is 0.257 e. The molecule has 2 aromatic heterocycles. The zero-order valence-corrected chi connectivity index (χ0v) is 17.0. The first-order valence-electron chi connectivity index (χ1n) is 8.46. The number of rotatable bonds is 5. The highest BCUT2D eigenvalue weighted by Crippen LogP contribution is 2.37. The molecule has 0 fully saturated rings. The number of hydrogen-bond acceptors (Lipinski definition) is 5. The molecule has 0 unspecified atom stereocenters. The molecule has 2 aromatic carbocycles. The number of hydrogen-bond donors (Lipinski definition) is 1. The standard InChI is InChI=1S/C20H15ClFN3O3S/c1-27-15-10-12(9-14(21)17(15)28-2)19(26)24-18-16(11-3-5-13(22)6-4-11)23-20-25(18)7-8-29-20/h3-10H,1-2H3,(H,24,26). The average molecular weight is 432 g/mol. The highest BCUT2D eigenvalue weighted by Gasteiger charge is 2.20. The molecule has 0 saturated carbocycles. The van der Waals surface area contributed by atoms with Crippen molar-refractivity contribution in [3.8, 4) is 22.8 Å². The summed E-state index contributed by atoms with van der Waals surface area (Å²) in [5, 5.41) is 5.00. The molecule has 2 heterocycles. The molecule has 6 nitrogen and oxygen atoms in total. The summed E-state index contributed by atoms with van der Waals surface area (Å²) >= 11 is 7.65. The highest BCUT2D eigenvalue weighted by molar-refractivity contribution is 7.15. The molecule has 1 amide bonds. The topological polar surface area (TPSA) is 64.9 Å². The summed E-state index contributed by atoms with van der Waals surface area (Å²) in [5.74, 6) is 0.425. The molecule has 0 aliphatic heterocycles. The number of halogens is 2. The molecular weight excluding hydrogens is 417 g/mol. The first-order valence-corrected chi connectivity index (χ1v) is 9.72. The minimum atomic E-state index is -0.399. The number of nitrogens with zero attached hydrogens (tertiary/aromatic N) is 2. The van der Waals surface area contributed by atoms with Crippen molar-refractivity contribution >= 4 is 39.6 Å². The molecule has 0 saturated heterocycles. The van der Waals surface area contributed by atoms with Crippen molar-refractivity contribution < 1.29 is 18.7 Å². The maximum atomic E-state index is 13.3. The lowest BCUT2D eigenvalue weighted by atomic mass is 10.1. The van der Waals surface area contributed by atoms with Gasteiger partial charge in [-0.3, -0.25) is 9.20 Å². The van der Waals surface area contributed by atoms with E-state index in [2.05, 4.69) is 10.3 Å². The van der Waals surface area contributed by atoms with E-state index in [-0.39, 0.29) is 10.8 Å². The van der Waals surface area contributed by atoms with Crippen LogP contribution in [-0.2, 0) is 0 Å². The van der Waals surface area contributed by atoms with Gasteiger partial charge >= 0.3 is 0 Å². The van der Waals surface area contributed by atoms with Crippen LogP contribution in [0.25, 0.3) is 16.2 Å². The molecule has 0 bridgehead atoms. The predicted octanol–water partition coefficient (Wildman–Crippen LogP) is 5.12. The number of aromatic nitrogens is 2. The molecular formula is C20H15ClFN3O3S. The molecule has 29 heavy (non-hydrogen) atoms. The van der Waals surface area contributed by atoms with Gasteiger partial charge < -0.3 is 14.8 Å². The van der Waals surface area contributed by atoms with E-state index in [1.165, 1.54) is 43.8 Å². The van der Waals surface area contributed by atoms with E-state index in [0.29, 0.717) is 39.1 Å². The second-order valence-corrected chi connectivity index (χ2v) is 7.30. The molecule has 148 valence electrons. The van der Waals surface area contributed by atoms with Crippen molar-refractivity contribution in [2.24, 2.45) is 0 Å². The van der Waals surface area contributed by atoms with Crippen LogP contribution in [0.1, 0.15) is 10.4 Å². The van der Waals surface area contributed by atoms with Crippen LogP contribution in [-0.4, -0.2) is 29.5 Å². The van der Waals surface area contributed by atoms with E-state index in [0.717, 1.165) is 0 Å². The zero-order valence-electron chi connectivity index (χ0n) is 15.4. The summed E-state index contributed by atoms with van der Waals surface area (Å²) in [5.41, 5.74) is 1.52. The Bertz CT molecular complexity index is 1200. The van der Waals surface area contributed by atoms with Crippen LogP contribution in [0, 0.1) is 5.82 Å². The number of benzene rings is 2. The lowest BCUT2D eigenvalue weighted by molar-refractivity contribution is 0.102. The molecule has 0 aliphatic carbocycles. The average Bonchev–Trinajstić information content (AvgIpc) is 3.30. The van der Waals surface area contributed by atoms with Crippen LogP contribution in [0.3, 0.4) is 0 Å². The van der Waals surface area contributed by atoms with E-state index >= 15 is 0 Å². The molecule has 0 atom stereocenters. The van der Waals surface area contributed by atoms with Gasteiger partial charge in [-0.1, -0.05) is 11.6 Å². The van der Waals surface area contributed by atoms with Crippen molar-refractivity contribution in [3.63, 3.8) is 0 Å². The van der Waals surface area contributed by atoms with Gasteiger partial charge in [-0.25, -0.2) is 9.37 Å². The summed E-state index contributed by atoms with van der Waals surface area (Å²) in [4.78, 5) is 18.2. The monoisotopic (exact) mass is 431 g/mol. The fourth-order valence-corrected chi connectivity index (χ4v) is 3.94. The van der Waals surface area contributed by atoms with E-state index < -0.39 is 5.91 Å². The first-order chi connectivity index (χ1) is 14.0. The van der Waals surface area contributed by atoms with Gasteiger partial charge in [-0.15, -0.1) is 11.3 Å². The Labute approximate surface area is 174 Å². The van der Waals surface area contributed by atoms with Gasteiger partial charge in [0.2, 0.25) is 0 Å². The second kappa shape index (κ2) is 7.73. The summed E-state index contributed by atoms with van der Waals surface area (Å²) in [6.07, 6.45) is 1.80. The van der Waals surface area contributed by atoms with Gasteiger partial charge in [-0.05, 0) is 36.4 Å². The number of fused-ring (bicyclic) bond motifs is 1. The third-order valence-electron chi connectivity index (χ3n) is 4.31. The molecule has 9 heteroatoms. The largest absolute Gasteiger partial charge is 0.493 e. The van der Waals surface area contributed by atoms with Crippen LogP contribution in [0.15, 0.2) is 48.0 Å². The van der Waals surface area contributed by atoms with Crippen molar-refractivity contribution in [1.29, 1.82) is 0 Å². The van der Waals surface area contributed by atoms with Crippen LogP contribution in [0.5, 0.6) is 11.5 Å². The van der Waals surface area contributed by atoms with Crippen LogP contribution in [0.4, 0.5) is 10.2 Å².